The van der Waals surface area contributed by atoms with Crippen molar-refractivity contribution >= 4 is 5.91 Å². The second-order valence-corrected chi connectivity index (χ2v) is 7.42. The SMILES string of the molecule is COc1cc(OC)cc(C(=O)N2CCN(Cc3nnc(Cc4ccccc4)o3)CC2)c1. The molecule has 0 saturated carbocycles. The van der Waals surface area contributed by atoms with Gasteiger partial charge in [0.25, 0.3) is 5.91 Å². The van der Waals surface area contributed by atoms with Crippen molar-refractivity contribution in [2.45, 2.75) is 13.0 Å². The highest BCUT2D eigenvalue weighted by Gasteiger charge is 2.24. The number of ether oxygens (including phenoxy) is 2. The zero-order valence-electron chi connectivity index (χ0n) is 17.8. The average molecular weight is 422 g/mol. The average Bonchev–Trinajstić information content (AvgIpc) is 3.25. The number of carbonyl (C=O) groups excluding carboxylic acids is 1. The maximum atomic E-state index is 12.9. The fourth-order valence-electron chi connectivity index (χ4n) is 3.61. The van der Waals surface area contributed by atoms with E-state index < -0.39 is 0 Å². The molecule has 0 N–H and O–H groups in total. The van der Waals surface area contributed by atoms with E-state index in [0.29, 0.717) is 54.9 Å². The number of amides is 1. The molecule has 0 atom stereocenters. The Morgan fingerprint density at radius 3 is 2.23 bits per heavy atom. The fraction of sp³-hybridized carbons (Fsp3) is 0.348. The van der Waals surface area contributed by atoms with Crippen LogP contribution in [-0.4, -0.2) is 66.3 Å². The quantitative estimate of drug-likeness (QED) is 0.579. The first-order chi connectivity index (χ1) is 15.1. The van der Waals surface area contributed by atoms with Gasteiger partial charge in [0.05, 0.1) is 27.2 Å². The molecule has 4 rings (SSSR count). The standard InChI is InChI=1S/C23H26N4O4/c1-29-19-13-18(14-20(15-19)30-2)23(28)27-10-8-26(9-11-27)16-22-25-24-21(31-22)12-17-6-4-3-5-7-17/h3-7,13-15H,8-12,16H2,1-2H3. The maximum Gasteiger partial charge on any atom is 0.254 e. The van der Waals surface area contributed by atoms with Crippen LogP contribution in [-0.2, 0) is 13.0 Å². The maximum absolute atomic E-state index is 12.9. The van der Waals surface area contributed by atoms with Crippen LogP contribution >= 0.6 is 0 Å². The smallest absolute Gasteiger partial charge is 0.254 e. The highest BCUT2D eigenvalue weighted by atomic mass is 16.5. The van der Waals surface area contributed by atoms with Gasteiger partial charge in [0.1, 0.15) is 11.5 Å². The monoisotopic (exact) mass is 422 g/mol. The Morgan fingerprint density at radius 2 is 1.58 bits per heavy atom. The largest absolute Gasteiger partial charge is 0.497 e. The van der Waals surface area contributed by atoms with E-state index in [4.69, 9.17) is 13.9 Å². The van der Waals surface area contributed by atoms with Crippen molar-refractivity contribution in [1.82, 2.24) is 20.0 Å². The van der Waals surface area contributed by atoms with Gasteiger partial charge in [-0.3, -0.25) is 9.69 Å². The molecule has 3 aromatic rings. The normalized spacial score (nSPS) is 14.5. The summed E-state index contributed by atoms with van der Waals surface area (Å²) in [6, 6.07) is 15.3. The van der Waals surface area contributed by atoms with Crippen LogP contribution in [0.25, 0.3) is 0 Å². The minimum absolute atomic E-state index is 0.0280. The Balaban J connectivity index is 1.31. The van der Waals surface area contributed by atoms with Crippen LogP contribution in [0.4, 0.5) is 0 Å². The van der Waals surface area contributed by atoms with Gasteiger partial charge in [0, 0.05) is 37.8 Å². The Kier molecular flexibility index (Phi) is 6.47. The molecular formula is C23H26N4O4. The molecule has 0 aliphatic carbocycles. The summed E-state index contributed by atoms with van der Waals surface area (Å²) >= 11 is 0. The van der Waals surface area contributed by atoms with Gasteiger partial charge >= 0.3 is 0 Å². The van der Waals surface area contributed by atoms with E-state index in [9.17, 15) is 4.79 Å². The zero-order chi connectivity index (χ0) is 21.6. The summed E-state index contributed by atoms with van der Waals surface area (Å²) in [5.41, 5.74) is 1.70. The molecule has 1 aliphatic heterocycles. The van der Waals surface area contributed by atoms with Crippen molar-refractivity contribution in [3.8, 4) is 11.5 Å². The highest BCUT2D eigenvalue weighted by Crippen LogP contribution is 2.24. The Morgan fingerprint density at radius 1 is 0.935 bits per heavy atom. The summed E-state index contributed by atoms with van der Waals surface area (Å²) in [6.07, 6.45) is 0.625. The Hall–Kier alpha value is -3.39. The van der Waals surface area contributed by atoms with Crippen molar-refractivity contribution in [1.29, 1.82) is 0 Å². The number of methoxy groups -OCH3 is 2. The van der Waals surface area contributed by atoms with E-state index in [1.807, 2.05) is 35.2 Å². The first kappa shape index (κ1) is 20.9. The number of benzene rings is 2. The van der Waals surface area contributed by atoms with Gasteiger partial charge in [-0.1, -0.05) is 30.3 Å². The highest BCUT2D eigenvalue weighted by molar-refractivity contribution is 5.95. The molecule has 2 aromatic carbocycles. The van der Waals surface area contributed by atoms with Gasteiger partial charge in [-0.05, 0) is 17.7 Å². The Bertz CT molecular complexity index is 991. The lowest BCUT2D eigenvalue weighted by Gasteiger charge is -2.34. The molecule has 0 radical (unpaired) electrons. The molecule has 8 nitrogen and oxygen atoms in total. The number of carbonyl (C=O) groups is 1. The predicted molar refractivity (Wildman–Crippen MR) is 114 cm³/mol. The minimum atomic E-state index is -0.0280. The first-order valence-electron chi connectivity index (χ1n) is 10.2. The summed E-state index contributed by atoms with van der Waals surface area (Å²) in [4.78, 5) is 17.0. The zero-order valence-corrected chi connectivity index (χ0v) is 17.8. The molecule has 1 fully saturated rings. The van der Waals surface area contributed by atoms with E-state index in [-0.39, 0.29) is 5.91 Å². The molecule has 162 valence electrons. The summed E-state index contributed by atoms with van der Waals surface area (Å²) in [7, 11) is 3.15. The van der Waals surface area contributed by atoms with Crippen molar-refractivity contribution < 1.29 is 18.7 Å². The number of hydrogen-bond acceptors (Lipinski definition) is 7. The molecule has 1 aromatic heterocycles. The van der Waals surface area contributed by atoms with Crippen LogP contribution in [0.3, 0.4) is 0 Å². The summed E-state index contributed by atoms with van der Waals surface area (Å²) in [6.45, 7) is 3.32. The van der Waals surface area contributed by atoms with Crippen molar-refractivity contribution in [3.05, 3.63) is 71.4 Å². The van der Waals surface area contributed by atoms with Gasteiger partial charge in [-0.25, -0.2) is 0 Å². The molecular weight excluding hydrogens is 396 g/mol. The molecule has 2 heterocycles. The van der Waals surface area contributed by atoms with Gasteiger partial charge < -0.3 is 18.8 Å². The third-order valence-corrected chi connectivity index (χ3v) is 5.32. The Labute approximate surface area is 181 Å². The van der Waals surface area contributed by atoms with Gasteiger partial charge in [0.2, 0.25) is 11.8 Å². The molecule has 1 aliphatic rings. The minimum Gasteiger partial charge on any atom is -0.497 e. The third kappa shape index (κ3) is 5.21. The first-order valence-corrected chi connectivity index (χ1v) is 10.2. The van der Waals surface area contributed by atoms with Gasteiger partial charge in [0.15, 0.2) is 0 Å². The molecule has 0 spiro atoms. The lowest BCUT2D eigenvalue weighted by Crippen LogP contribution is -2.48. The number of nitrogens with zero attached hydrogens (tertiary/aromatic N) is 4. The van der Waals surface area contributed by atoms with Crippen molar-refractivity contribution in [3.63, 3.8) is 0 Å². The lowest BCUT2D eigenvalue weighted by molar-refractivity contribution is 0.0617. The van der Waals surface area contributed by atoms with Crippen LogP contribution in [0.5, 0.6) is 11.5 Å². The summed E-state index contributed by atoms with van der Waals surface area (Å²) in [5, 5.41) is 8.34. The predicted octanol–water partition coefficient (Wildman–Crippen LogP) is 2.64. The van der Waals surface area contributed by atoms with Crippen molar-refractivity contribution in [2.75, 3.05) is 40.4 Å². The van der Waals surface area contributed by atoms with Crippen molar-refractivity contribution in [2.24, 2.45) is 0 Å². The number of rotatable bonds is 7. The van der Waals surface area contributed by atoms with E-state index in [0.717, 1.165) is 18.7 Å². The van der Waals surface area contributed by atoms with Gasteiger partial charge in [-0.15, -0.1) is 10.2 Å². The van der Waals surface area contributed by atoms with E-state index >= 15 is 0 Å². The number of piperazine rings is 1. The van der Waals surface area contributed by atoms with E-state index in [2.05, 4.69) is 15.1 Å². The number of aromatic nitrogens is 2. The van der Waals surface area contributed by atoms with Crippen LogP contribution in [0, 0.1) is 0 Å². The molecule has 31 heavy (non-hydrogen) atoms. The number of hydrogen-bond donors (Lipinski definition) is 0. The van der Waals surface area contributed by atoms with Crippen LogP contribution in [0.15, 0.2) is 52.9 Å². The summed E-state index contributed by atoms with van der Waals surface area (Å²) < 4.78 is 16.4. The molecule has 1 amide bonds. The second-order valence-electron chi connectivity index (χ2n) is 7.42. The fourth-order valence-corrected chi connectivity index (χ4v) is 3.61. The molecule has 8 heteroatoms. The molecule has 0 bridgehead atoms. The third-order valence-electron chi connectivity index (χ3n) is 5.32. The van der Waals surface area contributed by atoms with Crippen LogP contribution < -0.4 is 9.47 Å². The summed E-state index contributed by atoms with van der Waals surface area (Å²) in [5.74, 6) is 2.39. The van der Waals surface area contributed by atoms with E-state index in [1.165, 1.54) is 0 Å². The van der Waals surface area contributed by atoms with Gasteiger partial charge in [-0.2, -0.15) is 0 Å². The second kappa shape index (κ2) is 9.61. The topological polar surface area (TPSA) is 80.9 Å². The molecule has 0 unspecified atom stereocenters. The van der Waals surface area contributed by atoms with Crippen LogP contribution in [0.2, 0.25) is 0 Å². The van der Waals surface area contributed by atoms with E-state index in [1.54, 1.807) is 32.4 Å². The van der Waals surface area contributed by atoms with Crippen LogP contribution in [0.1, 0.15) is 27.7 Å². The molecule has 1 saturated heterocycles. The lowest BCUT2D eigenvalue weighted by atomic mass is 10.1.